The van der Waals surface area contributed by atoms with E-state index in [4.69, 9.17) is 9.15 Å². The molecule has 3 rings (SSSR count). The Morgan fingerprint density at radius 3 is 2.88 bits per heavy atom. The lowest BCUT2D eigenvalue weighted by molar-refractivity contribution is -0.121. The van der Waals surface area contributed by atoms with E-state index in [1.165, 1.54) is 0 Å². The molecule has 3 aromatic rings. The summed E-state index contributed by atoms with van der Waals surface area (Å²) in [5, 5.41) is 2.96. The number of rotatable bonds is 8. The lowest BCUT2D eigenvalue weighted by atomic mass is 10.1. The van der Waals surface area contributed by atoms with Crippen LogP contribution in [0.2, 0.25) is 0 Å². The molecular formula is C21H22N2O3. The van der Waals surface area contributed by atoms with E-state index in [-0.39, 0.29) is 5.91 Å². The molecule has 1 aromatic carbocycles. The monoisotopic (exact) mass is 350 g/mol. The second-order valence-electron chi connectivity index (χ2n) is 5.84. The van der Waals surface area contributed by atoms with Crippen molar-refractivity contribution < 1.29 is 13.9 Å². The fourth-order valence-electron chi connectivity index (χ4n) is 2.69. The van der Waals surface area contributed by atoms with Crippen LogP contribution in [0, 0.1) is 0 Å². The first-order chi connectivity index (χ1) is 12.8. The summed E-state index contributed by atoms with van der Waals surface area (Å²) >= 11 is 0. The van der Waals surface area contributed by atoms with E-state index in [0.717, 1.165) is 22.6 Å². The molecule has 134 valence electrons. The molecular weight excluding hydrogens is 328 g/mol. The number of nitrogens with zero attached hydrogens (tertiary/aromatic N) is 1. The third-order valence-corrected chi connectivity index (χ3v) is 3.98. The highest BCUT2D eigenvalue weighted by molar-refractivity contribution is 5.76. The van der Waals surface area contributed by atoms with Crippen LogP contribution in [0.1, 0.15) is 24.5 Å². The average Bonchev–Trinajstić information content (AvgIpc) is 3.21. The third-order valence-electron chi connectivity index (χ3n) is 3.98. The SMILES string of the molecule is CCOc1ccccc1CCC(=O)NCc1ccnc(-c2ccco2)c1. The number of hydrogen-bond acceptors (Lipinski definition) is 4. The second-order valence-corrected chi connectivity index (χ2v) is 5.84. The molecule has 0 atom stereocenters. The van der Waals surface area contributed by atoms with Crippen molar-refractivity contribution in [2.24, 2.45) is 0 Å². The quantitative estimate of drug-likeness (QED) is 0.667. The fraction of sp³-hybridized carbons (Fsp3) is 0.238. The van der Waals surface area contributed by atoms with E-state index in [0.29, 0.717) is 31.8 Å². The van der Waals surface area contributed by atoms with Crippen LogP contribution in [0.25, 0.3) is 11.5 Å². The van der Waals surface area contributed by atoms with Gasteiger partial charge in [0, 0.05) is 19.2 Å². The van der Waals surface area contributed by atoms with E-state index in [1.807, 2.05) is 55.5 Å². The van der Waals surface area contributed by atoms with Crippen molar-refractivity contribution in [3.63, 3.8) is 0 Å². The highest BCUT2D eigenvalue weighted by Gasteiger charge is 2.08. The zero-order valence-corrected chi connectivity index (χ0v) is 14.8. The Morgan fingerprint density at radius 1 is 1.19 bits per heavy atom. The molecule has 0 aliphatic heterocycles. The number of pyridine rings is 1. The van der Waals surface area contributed by atoms with Gasteiger partial charge in [-0.1, -0.05) is 18.2 Å². The summed E-state index contributed by atoms with van der Waals surface area (Å²) in [6.45, 7) is 3.03. The van der Waals surface area contributed by atoms with Gasteiger partial charge in [0.05, 0.1) is 12.9 Å². The third kappa shape index (κ3) is 4.72. The van der Waals surface area contributed by atoms with Crippen molar-refractivity contribution in [2.75, 3.05) is 6.61 Å². The maximum absolute atomic E-state index is 12.2. The number of nitrogens with one attached hydrogen (secondary N) is 1. The number of benzene rings is 1. The highest BCUT2D eigenvalue weighted by atomic mass is 16.5. The van der Waals surface area contributed by atoms with E-state index in [2.05, 4.69) is 10.3 Å². The van der Waals surface area contributed by atoms with E-state index in [9.17, 15) is 4.79 Å². The van der Waals surface area contributed by atoms with Crippen LogP contribution < -0.4 is 10.1 Å². The zero-order chi connectivity index (χ0) is 18.2. The molecule has 0 aliphatic rings. The average molecular weight is 350 g/mol. The number of para-hydroxylation sites is 1. The largest absolute Gasteiger partial charge is 0.494 e. The predicted molar refractivity (Wildman–Crippen MR) is 99.7 cm³/mol. The fourth-order valence-corrected chi connectivity index (χ4v) is 2.69. The van der Waals surface area contributed by atoms with Crippen LogP contribution in [0.3, 0.4) is 0 Å². The Morgan fingerprint density at radius 2 is 2.08 bits per heavy atom. The topological polar surface area (TPSA) is 64.4 Å². The summed E-state index contributed by atoms with van der Waals surface area (Å²) in [7, 11) is 0. The second kappa shape index (κ2) is 8.85. The highest BCUT2D eigenvalue weighted by Crippen LogP contribution is 2.20. The Hall–Kier alpha value is -3.08. The number of aromatic nitrogens is 1. The first kappa shape index (κ1) is 17.7. The summed E-state index contributed by atoms with van der Waals surface area (Å²) < 4.78 is 11.0. The van der Waals surface area contributed by atoms with Gasteiger partial charge >= 0.3 is 0 Å². The van der Waals surface area contributed by atoms with Gasteiger partial charge in [-0.05, 0) is 54.8 Å². The lowest BCUT2D eigenvalue weighted by Gasteiger charge is -2.10. The molecule has 0 saturated heterocycles. The van der Waals surface area contributed by atoms with Gasteiger partial charge in [0.25, 0.3) is 0 Å². The van der Waals surface area contributed by atoms with Crippen molar-refractivity contribution in [3.8, 4) is 17.2 Å². The van der Waals surface area contributed by atoms with Crippen LogP contribution in [0.15, 0.2) is 65.4 Å². The van der Waals surface area contributed by atoms with Crippen LogP contribution in [-0.2, 0) is 17.8 Å². The van der Waals surface area contributed by atoms with Gasteiger partial charge in [-0.25, -0.2) is 0 Å². The smallest absolute Gasteiger partial charge is 0.220 e. The van der Waals surface area contributed by atoms with E-state index >= 15 is 0 Å². The number of furan rings is 1. The van der Waals surface area contributed by atoms with Gasteiger partial charge in [0.15, 0.2) is 5.76 Å². The van der Waals surface area contributed by atoms with Crippen molar-refractivity contribution >= 4 is 5.91 Å². The minimum atomic E-state index is 0.00709. The van der Waals surface area contributed by atoms with Crippen molar-refractivity contribution in [2.45, 2.75) is 26.3 Å². The Bertz CT molecular complexity index is 844. The normalized spacial score (nSPS) is 10.5. The van der Waals surface area contributed by atoms with Gasteiger partial charge in [0.2, 0.25) is 5.91 Å². The minimum absolute atomic E-state index is 0.00709. The van der Waals surface area contributed by atoms with Crippen LogP contribution in [-0.4, -0.2) is 17.5 Å². The van der Waals surface area contributed by atoms with Crippen molar-refractivity contribution in [3.05, 3.63) is 72.1 Å². The Balaban J connectivity index is 1.53. The molecule has 5 heteroatoms. The maximum atomic E-state index is 12.2. The maximum Gasteiger partial charge on any atom is 0.220 e. The molecule has 0 unspecified atom stereocenters. The molecule has 0 bridgehead atoms. The number of carbonyl (C=O) groups excluding carboxylic acids is 1. The van der Waals surface area contributed by atoms with Gasteiger partial charge in [-0.15, -0.1) is 0 Å². The molecule has 1 N–H and O–H groups in total. The molecule has 2 heterocycles. The number of ether oxygens (including phenoxy) is 1. The number of amides is 1. The molecule has 5 nitrogen and oxygen atoms in total. The van der Waals surface area contributed by atoms with Gasteiger partial charge < -0.3 is 14.5 Å². The zero-order valence-electron chi connectivity index (χ0n) is 14.8. The van der Waals surface area contributed by atoms with Crippen LogP contribution >= 0.6 is 0 Å². The number of hydrogen-bond donors (Lipinski definition) is 1. The van der Waals surface area contributed by atoms with Gasteiger partial charge in [0.1, 0.15) is 11.4 Å². The van der Waals surface area contributed by atoms with Crippen molar-refractivity contribution in [1.82, 2.24) is 10.3 Å². The molecule has 0 saturated carbocycles. The van der Waals surface area contributed by atoms with Crippen LogP contribution in [0.4, 0.5) is 0 Å². The molecule has 1 amide bonds. The van der Waals surface area contributed by atoms with Gasteiger partial charge in [-0.2, -0.15) is 0 Å². The summed E-state index contributed by atoms with van der Waals surface area (Å²) in [4.78, 5) is 16.5. The lowest BCUT2D eigenvalue weighted by Crippen LogP contribution is -2.23. The van der Waals surface area contributed by atoms with E-state index in [1.54, 1.807) is 12.5 Å². The minimum Gasteiger partial charge on any atom is -0.494 e. The van der Waals surface area contributed by atoms with E-state index < -0.39 is 0 Å². The molecule has 0 radical (unpaired) electrons. The summed E-state index contributed by atoms with van der Waals surface area (Å²) in [6, 6.07) is 15.3. The van der Waals surface area contributed by atoms with Gasteiger partial charge in [-0.3, -0.25) is 9.78 Å². The Kier molecular flexibility index (Phi) is 6.04. The predicted octanol–water partition coefficient (Wildman–Crippen LogP) is 3.99. The van der Waals surface area contributed by atoms with Crippen molar-refractivity contribution in [1.29, 1.82) is 0 Å². The summed E-state index contributed by atoms with van der Waals surface area (Å²) in [6.07, 6.45) is 4.40. The summed E-state index contributed by atoms with van der Waals surface area (Å²) in [5.74, 6) is 1.57. The Labute approximate surface area is 153 Å². The molecule has 26 heavy (non-hydrogen) atoms. The molecule has 0 fully saturated rings. The number of aryl methyl sites for hydroxylation is 1. The standard InChI is InChI=1S/C21H22N2O3/c1-2-25-19-7-4-3-6-17(19)9-10-21(24)23-15-16-11-12-22-18(14-16)20-8-5-13-26-20/h3-8,11-14H,2,9-10,15H2,1H3,(H,23,24). The first-order valence-corrected chi connectivity index (χ1v) is 8.72. The molecule has 0 spiro atoms. The summed E-state index contributed by atoms with van der Waals surface area (Å²) in [5.41, 5.74) is 2.79. The molecule has 0 aliphatic carbocycles. The molecule has 2 aromatic heterocycles. The number of carbonyl (C=O) groups is 1. The first-order valence-electron chi connectivity index (χ1n) is 8.72. The van der Waals surface area contributed by atoms with Crippen LogP contribution in [0.5, 0.6) is 5.75 Å².